The Balaban J connectivity index is 1.97. The lowest BCUT2D eigenvalue weighted by atomic mass is 10.0. The second-order valence-electron chi connectivity index (χ2n) is 6.43. The minimum absolute atomic E-state index is 0.0446. The first-order chi connectivity index (χ1) is 11.4. The van der Waals surface area contributed by atoms with Crippen molar-refractivity contribution in [1.82, 2.24) is 10.2 Å². The highest BCUT2D eigenvalue weighted by atomic mass is 16.5. The fraction of sp³-hybridized carbons (Fsp3) is 0.556. The van der Waals surface area contributed by atoms with Crippen LogP contribution in [0.4, 0.5) is 0 Å². The topological polar surface area (TPSA) is 67.9 Å². The number of fused-ring (bicyclic) bond motifs is 1. The summed E-state index contributed by atoms with van der Waals surface area (Å²) < 4.78 is 11.6. The van der Waals surface area contributed by atoms with Crippen molar-refractivity contribution in [3.05, 3.63) is 23.8 Å². The van der Waals surface area contributed by atoms with Gasteiger partial charge in [-0.05, 0) is 33.8 Å². The molecule has 0 saturated heterocycles. The zero-order valence-corrected chi connectivity index (χ0v) is 14.8. The van der Waals surface area contributed by atoms with Gasteiger partial charge < -0.3 is 19.7 Å². The van der Waals surface area contributed by atoms with Gasteiger partial charge in [0, 0.05) is 25.1 Å². The minimum atomic E-state index is -0.264. The Bertz CT molecular complexity index is 613. The summed E-state index contributed by atoms with van der Waals surface area (Å²) in [5.74, 6) is 0.888. The molecular weight excluding hydrogens is 308 g/mol. The summed E-state index contributed by atoms with van der Waals surface area (Å²) in [5.41, 5.74) is 0.819. The molecule has 0 atom stereocenters. The Kier molecular flexibility index (Phi) is 5.70. The number of benzene rings is 1. The lowest BCUT2D eigenvalue weighted by Gasteiger charge is -2.21. The van der Waals surface area contributed by atoms with Crippen molar-refractivity contribution in [3.63, 3.8) is 0 Å². The maximum Gasteiger partial charge on any atom is 0.260 e. The molecule has 1 aromatic rings. The summed E-state index contributed by atoms with van der Waals surface area (Å²) >= 11 is 0. The fourth-order valence-corrected chi connectivity index (χ4v) is 2.73. The fourth-order valence-electron chi connectivity index (χ4n) is 2.73. The van der Waals surface area contributed by atoms with E-state index in [4.69, 9.17) is 9.47 Å². The van der Waals surface area contributed by atoms with Gasteiger partial charge in [-0.1, -0.05) is 12.1 Å². The number of rotatable bonds is 7. The summed E-state index contributed by atoms with van der Waals surface area (Å²) in [6.07, 6.45) is 0.811. The zero-order chi connectivity index (χ0) is 17.7. The summed E-state index contributed by atoms with van der Waals surface area (Å²) in [6, 6.07) is 5.70. The van der Waals surface area contributed by atoms with E-state index in [0.717, 1.165) is 12.0 Å². The van der Waals surface area contributed by atoms with Crippen LogP contribution >= 0.6 is 0 Å². The molecule has 0 spiro atoms. The third kappa shape index (κ3) is 4.40. The van der Waals surface area contributed by atoms with Crippen LogP contribution in [0, 0.1) is 0 Å². The van der Waals surface area contributed by atoms with E-state index in [2.05, 4.69) is 5.32 Å². The summed E-state index contributed by atoms with van der Waals surface area (Å²) in [4.78, 5) is 25.4. The van der Waals surface area contributed by atoms with Gasteiger partial charge in [0.2, 0.25) is 5.91 Å². The second-order valence-corrected chi connectivity index (χ2v) is 6.43. The van der Waals surface area contributed by atoms with Crippen LogP contribution in [0.1, 0.15) is 33.3 Å². The van der Waals surface area contributed by atoms with Crippen molar-refractivity contribution in [3.8, 4) is 11.5 Å². The molecule has 1 aromatic carbocycles. The summed E-state index contributed by atoms with van der Waals surface area (Å²) in [6.45, 7) is 8.65. The van der Waals surface area contributed by atoms with Crippen LogP contribution in [0.25, 0.3) is 0 Å². The van der Waals surface area contributed by atoms with E-state index in [9.17, 15) is 9.59 Å². The summed E-state index contributed by atoms with van der Waals surface area (Å²) in [7, 11) is 0. The van der Waals surface area contributed by atoms with E-state index in [1.165, 1.54) is 4.90 Å². The molecule has 0 aromatic heterocycles. The number of carbonyl (C=O) groups is 2. The zero-order valence-electron chi connectivity index (χ0n) is 14.8. The summed E-state index contributed by atoms with van der Waals surface area (Å²) in [5, 5.41) is 2.69. The number of hydrogen-bond donors (Lipinski definition) is 1. The maximum atomic E-state index is 12.3. The van der Waals surface area contributed by atoms with E-state index in [1.807, 2.05) is 39.8 Å². The average Bonchev–Trinajstić information content (AvgIpc) is 2.84. The van der Waals surface area contributed by atoms with Crippen molar-refractivity contribution in [2.75, 3.05) is 26.2 Å². The molecule has 1 N–H and O–H groups in total. The van der Waals surface area contributed by atoms with Gasteiger partial charge in [-0.15, -0.1) is 0 Å². The van der Waals surface area contributed by atoms with Crippen molar-refractivity contribution >= 4 is 11.8 Å². The number of ether oxygens (including phenoxy) is 2. The first-order valence-corrected chi connectivity index (χ1v) is 8.34. The standard InChI is InChI=1S/C18H26N2O4/c1-5-19-15(21)11-20(6-2)16(22)12-23-14-9-7-8-13-10-18(3,4)24-17(13)14/h7-9H,5-6,10-12H2,1-4H3,(H,19,21). The molecule has 0 unspecified atom stereocenters. The molecule has 2 rings (SSSR count). The highest BCUT2D eigenvalue weighted by Gasteiger charge is 2.32. The van der Waals surface area contributed by atoms with E-state index in [-0.39, 0.29) is 30.6 Å². The molecule has 0 radical (unpaired) electrons. The van der Waals surface area contributed by atoms with Gasteiger partial charge in [0.15, 0.2) is 18.1 Å². The Labute approximate surface area is 143 Å². The van der Waals surface area contributed by atoms with Crippen molar-refractivity contribution in [2.45, 2.75) is 39.7 Å². The van der Waals surface area contributed by atoms with E-state index >= 15 is 0 Å². The number of likely N-dealkylation sites (N-methyl/N-ethyl adjacent to an activating group) is 2. The lowest BCUT2D eigenvalue weighted by molar-refractivity contribution is -0.137. The maximum absolute atomic E-state index is 12.3. The Morgan fingerprint density at radius 3 is 2.75 bits per heavy atom. The van der Waals surface area contributed by atoms with Gasteiger partial charge in [0.1, 0.15) is 5.60 Å². The van der Waals surface area contributed by atoms with Crippen LogP contribution in [0.15, 0.2) is 18.2 Å². The average molecular weight is 334 g/mol. The van der Waals surface area contributed by atoms with Gasteiger partial charge in [-0.3, -0.25) is 9.59 Å². The number of hydrogen-bond acceptors (Lipinski definition) is 4. The van der Waals surface area contributed by atoms with Gasteiger partial charge in [0.25, 0.3) is 5.91 Å². The molecular formula is C18H26N2O4. The first-order valence-electron chi connectivity index (χ1n) is 8.34. The van der Waals surface area contributed by atoms with Crippen LogP contribution in [-0.4, -0.2) is 48.6 Å². The van der Waals surface area contributed by atoms with Crippen LogP contribution in [0.3, 0.4) is 0 Å². The highest BCUT2D eigenvalue weighted by molar-refractivity contribution is 5.85. The largest absolute Gasteiger partial charge is 0.483 e. The minimum Gasteiger partial charge on any atom is -0.483 e. The molecule has 24 heavy (non-hydrogen) atoms. The number of nitrogens with zero attached hydrogens (tertiary/aromatic N) is 1. The van der Waals surface area contributed by atoms with Crippen LogP contribution < -0.4 is 14.8 Å². The molecule has 0 fully saturated rings. The monoisotopic (exact) mass is 334 g/mol. The van der Waals surface area contributed by atoms with E-state index < -0.39 is 0 Å². The van der Waals surface area contributed by atoms with Gasteiger partial charge in [-0.2, -0.15) is 0 Å². The predicted molar refractivity (Wildman–Crippen MR) is 91.3 cm³/mol. The Morgan fingerprint density at radius 1 is 1.33 bits per heavy atom. The van der Waals surface area contributed by atoms with Crippen molar-refractivity contribution < 1.29 is 19.1 Å². The number of carbonyl (C=O) groups excluding carboxylic acids is 2. The highest BCUT2D eigenvalue weighted by Crippen LogP contribution is 2.41. The molecule has 0 bridgehead atoms. The van der Waals surface area contributed by atoms with Crippen LogP contribution in [0.5, 0.6) is 11.5 Å². The molecule has 1 aliphatic rings. The molecule has 1 heterocycles. The third-order valence-electron chi connectivity index (χ3n) is 3.85. The molecule has 0 saturated carbocycles. The van der Waals surface area contributed by atoms with Gasteiger partial charge in [-0.25, -0.2) is 0 Å². The Hall–Kier alpha value is -2.24. The predicted octanol–water partition coefficient (Wildman–Crippen LogP) is 1.76. The molecule has 0 aliphatic carbocycles. The van der Waals surface area contributed by atoms with Gasteiger partial charge in [0.05, 0.1) is 6.54 Å². The molecule has 6 nitrogen and oxygen atoms in total. The molecule has 132 valence electrons. The quantitative estimate of drug-likeness (QED) is 0.825. The van der Waals surface area contributed by atoms with Crippen LogP contribution in [-0.2, 0) is 16.0 Å². The van der Waals surface area contributed by atoms with Crippen molar-refractivity contribution in [2.24, 2.45) is 0 Å². The lowest BCUT2D eigenvalue weighted by Crippen LogP contribution is -2.42. The number of amides is 2. The third-order valence-corrected chi connectivity index (χ3v) is 3.85. The van der Waals surface area contributed by atoms with E-state index in [1.54, 1.807) is 6.07 Å². The first kappa shape index (κ1) is 18.1. The van der Waals surface area contributed by atoms with Gasteiger partial charge >= 0.3 is 0 Å². The molecule has 6 heteroatoms. The van der Waals surface area contributed by atoms with E-state index in [0.29, 0.717) is 24.6 Å². The Morgan fingerprint density at radius 2 is 2.08 bits per heavy atom. The normalized spacial score (nSPS) is 14.5. The second kappa shape index (κ2) is 7.55. The number of nitrogens with one attached hydrogen (secondary N) is 1. The number of para-hydroxylation sites is 1. The molecule has 1 aliphatic heterocycles. The SMILES string of the molecule is CCNC(=O)CN(CC)C(=O)COc1cccc2c1OC(C)(C)C2. The van der Waals surface area contributed by atoms with Crippen LogP contribution in [0.2, 0.25) is 0 Å². The van der Waals surface area contributed by atoms with Crippen molar-refractivity contribution in [1.29, 1.82) is 0 Å². The smallest absolute Gasteiger partial charge is 0.260 e. The molecule has 2 amide bonds.